The van der Waals surface area contributed by atoms with Gasteiger partial charge in [-0.15, -0.1) is 0 Å². The Morgan fingerprint density at radius 1 is 1.25 bits per heavy atom. The third kappa shape index (κ3) is 4.44. The monoisotopic (exact) mass is 284 g/mol. The first kappa shape index (κ1) is 17.9. The van der Waals surface area contributed by atoms with Crippen LogP contribution in [0, 0.1) is 17.3 Å². The van der Waals surface area contributed by atoms with Crippen molar-refractivity contribution in [1.29, 1.82) is 0 Å². The molecule has 0 aromatic rings. The van der Waals surface area contributed by atoms with Gasteiger partial charge in [0.1, 0.15) is 0 Å². The number of nitrogens with zero attached hydrogens (tertiary/aromatic N) is 1. The number of hydrogen-bond acceptors (Lipinski definition) is 3. The molecule has 1 saturated carbocycles. The third-order valence-corrected chi connectivity index (χ3v) is 5.75. The molecular formula is C17H36N2O. The van der Waals surface area contributed by atoms with Crippen LogP contribution in [0.1, 0.15) is 59.8 Å². The van der Waals surface area contributed by atoms with E-state index in [0.717, 1.165) is 32.0 Å². The van der Waals surface area contributed by atoms with Crippen molar-refractivity contribution in [2.24, 2.45) is 23.0 Å². The van der Waals surface area contributed by atoms with E-state index in [1.54, 1.807) is 0 Å². The van der Waals surface area contributed by atoms with Crippen molar-refractivity contribution in [2.75, 3.05) is 26.2 Å². The SMILES string of the molecule is CCN(CCCO)C1CC(C(C)(C)CC)CCC1CN. The molecule has 0 saturated heterocycles. The maximum absolute atomic E-state index is 9.10. The highest BCUT2D eigenvalue weighted by Gasteiger charge is 2.38. The Morgan fingerprint density at radius 3 is 2.45 bits per heavy atom. The van der Waals surface area contributed by atoms with Gasteiger partial charge in [0.15, 0.2) is 0 Å². The lowest BCUT2D eigenvalue weighted by Gasteiger charge is -2.46. The molecule has 0 aliphatic heterocycles. The number of aliphatic hydroxyl groups excluding tert-OH is 1. The van der Waals surface area contributed by atoms with E-state index in [1.807, 2.05) is 0 Å². The van der Waals surface area contributed by atoms with Gasteiger partial charge in [-0.25, -0.2) is 0 Å². The summed E-state index contributed by atoms with van der Waals surface area (Å²) in [4.78, 5) is 2.56. The molecule has 3 N–H and O–H groups in total. The Bertz CT molecular complexity index is 268. The summed E-state index contributed by atoms with van der Waals surface area (Å²) in [5, 5.41) is 9.10. The Morgan fingerprint density at radius 2 is 1.95 bits per heavy atom. The van der Waals surface area contributed by atoms with Gasteiger partial charge in [0.05, 0.1) is 0 Å². The second kappa shape index (κ2) is 8.35. The minimum atomic E-state index is 0.292. The van der Waals surface area contributed by atoms with Crippen LogP contribution in [0.15, 0.2) is 0 Å². The molecule has 1 aliphatic rings. The van der Waals surface area contributed by atoms with Crippen molar-refractivity contribution in [3.05, 3.63) is 0 Å². The molecule has 0 aromatic heterocycles. The van der Waals surface area contributed by atoms with Gasteiger partial charge in [-0.1, -0.05) is 34.1 Å². The van der Waals surface area contributed by atoms with Crippen LogP contribution in [0.3, 0.4) is 0 Å². The topological polar surface area (TPSA) is 49.5 Å². The fourth-order valence-corrected chi connectivity index (χ4v) is 3.76. The number of aliphatic hydroxyl groups is 1. The minimum absolute atomic E-state index is 0.292. The fraction of sp³-hybridized carbons (Fsp3) is 1.00. The molecular weight excluding hydrogens is 248 g/mol. The molecule has 0 heterocycles. The van der Waals surface area contributed by atoms with Crippen LogP contribution in [0.4, 0.5) is 0 Å². The summed E-state index contributed by atoms with van der Waals surface area (Å²) in [7, 11) is 0. The van der Waals surface area contributed by atoms with Crippen molar-refractivity contribution in [1.82, 2.24) is 4.90 Å². The zero-order valence-electron chi connectivity index (χ0n) is 14.1. The average Bonchev–Trinajstić information content (AvgIpc) is 2.47. The lowest BCUT2D eigenvalue weighted by atomic mass is 9.65. The van der Waals surface area contributed by atoms with Gasteiger partial charge in [0, 0.05) is 19.2 Å². The quantitative estimate of drug-likeness (QED) is 0.720. The summed E-state index contributed by atoms with van der Waals surface area (Å²) in [6, 6.07) is 0.612. The van der Waals surface area contributed by atoms with Crippen molar-refractivity contribution < 1.29 is 5.11 Å². The molecule has 120 valence electrons. The minimum Gasteiger partial charge on any atom is -0.396 e. The molecule has 0 amide bonds. The maximum atomic E-state index is 9.10. The van der Waals surface area contributed by atoms with Crippen LogP contribution in [-0.4, -0.2) is 42.3 Å². The normalized spacial score (nSPS) is 28.1. The lowest BCUT2D eigenvalue weighted by Crippen LogP contribution is -2.49. The highest BCUT2D eigenvalue weighted by atomic mass is 16.3. The molecule has 0 radical (unpaired) electrons. The van der Waals surface area contributed by atoms with Crippen LogP contribution in [0.5, 0.6) is 0 Å². The first-order valence-corrected chi connectivity index (χ1v) is 8.55. The van der Waals surface area contributed by atoms with Crippen LogP contribution >= 0.6 is 0 Å². The molecule has 20 heavy (non-hydrogen) atoms. The summed E-state index contributed by atoms with van der Waals surface area (Å²) >= 11 is 0. The number of hydrogen-bond donors (Lipinski definition) is 2. The van der Waals surface area contributed by atoms with E-state index in [1.165, 1.54) is 25.7 Å². The summed E-state index contributed by atoms with van der Waals surface area (Å²) in [6.45, 7) is 12.6. The molecule has 1 aliphatic carbocycles. The molecule has 3 unspecified atom stereocenters. The fourth-order valence-electron chi connectivity index (χ4n) is 3.76. The highest BCUT2D eigenvalue weighted by molar-refractivity contribution is 4.91. The van der Waals surface area contributed by atoms with Crippen LogP contribution in [0.25, 0.3) is 0 Å². The predicted octanol–water partition coefficient (Wildman–Crippen LogP) is 2.87. The molecule has 3 nitrogen and oxygen atoms in total. The van der Waals surface area contributed by atoms with E-state index in [4.69, 9.17) is 10.8 Å². The van der Waals surface area contributed by atoms with Crippen LogP contribution in [-0.2, 0) is 0 Å². The average molecular weight is 284 g/mol. The van der Waals surface area contributed by atoms with Crippen molar-refractivity contribution in [3.63, 3.8) is 0 Å². The lowest BCUT2D eigenvalue weighted by molar-refractivity contribution is 0.0372. The maximum Gasteiger partial charge on any atom is 0.0443 e. The van der Waals surface area contributed by atoms with E-state index in [-0.39, 0.29) is 0 Å². The van der Waals surface area contributed by atoms with Gasteiger partial charge < -0.3 is 15.7 Å². The van der Waals surface area contributed by atoms with E-state index in [2.05, 4.69) is 32.6 Å². The first-order valence-electron chi connectivity index (χ1n) is 8.55. The zero-order chi connectivity index (χ0) is 15.2. The van der Waals surface area contributed by atoms with E-state index >= 15 is 0 Å². The highest BCUT2D eigenvalue weighted by Crippen LogP contribution is 2.43. The van der Waals surface area contributed by atoms with Gasteiger partial charge in [0.2, 0.25) is 0 Å². The Labute approximate surface area is 125 Å². The van der Waals surface area contributed by atoms with Crippen LogP contribution in [0.2, 0.25) is 0 Å². The third-order valence-electron chi connectivity index (χ3n) is 5.75. The van der Waals surface area contributed by atoms with E-state index in [0.29, 0.717) is 24.0 Å². The molecule has 1 rings (SSSR count). The van der Waals surface area contributed by atoms with Gasteiger partial charge >= 0.3 is 0 Å². The molecule has 0 spiro atoms. The molecule has 3 atom stereocenters. The Kier molecular flexibility index (Phi) is 7.49. The van der Waals surface area contributed by atoms with Gasteiger partial charge in [-0.2, -0.15) is 0 Å². The first-order chi connectivity index (χ1) is 9.50. The second-order valence-corrected chi connectivity index (χ2v) is 7.12. The van der Waals surface area contributed by atoms with Crippen molar-refractivity contribution >= 4 is 0 Å². The molecule has 0 bridgehead atoms. The summed E-state index contributed by atoms with van der Waals surface area (Å²) in [6.07, 6.45) is 6.01. The Balaban J connectivity index is 2.76. The molecule has 1 fully saturated rings. The van der Waals surface area contributed by atoms with Crippen molar-refractivity contribution in [3.8, 4) is 0 Å². The van der Waals surface area contributed by atoms with Gasteiger partial charge in [0.25, 0.3) is 0 Å². The van der Waals surface area contributed by atoms with Crippen molar-refractivity contribution in [2.45, 2.75) is 65.8 Å². The molecule has 3 heteroatoms. The predicted molar refractivity (Wildman–Crippen MR) is 86.7 cm³/mol. The summed E-state index contributed by atoms with van der Waals surface area (Å²) in [5.74, 6) is 1.45. The van der Waals surface area contributed by atoms with Gasteiger partial charge in [-0.05, 0) is 56.0 Å². The number of rotatable bonds is 8. The second-order valence-electron chi connectivity index (χ2n) is 7.12. The van der Waals surface area contributed by atoms with Crippen LogP contribution < -0.4 is 5.73 Å². The Hall–Kier alpha value is -0.120. The largest absolute Gasteiger partial charge is 0.396 e. The summed E-state index contributed by atoms with van der Waals surface area (Å²) in [5.41, 5.74) is 6.46. The smallest absolute Gasteiger partial charge is 0.0443 e. The zero-order valence-corrected chi connectivity index (χ0v) is 14.1. The van der Waals surface area contributed by atoms with Gasteiger partial charge in [-0.3, -0.25) is 0 Å². The van der Waals surface area contributed by atoms with E-state index in [9.17, 15) is 0 Å². The molecule has 0 aromatic carbocycles. The van der Waals surface area contributed by atoms with E-state index < -0.39 is 0 Å². The number of nitrogens with two attached hydrogens (primary N) is 1. The standard InChI is InChI=1S/C17H36N2O/c1-5-17(3,4)15-9-8-14(13-18)16(12-15)19(6-2)10-7-11-20/h14-16,20H,5-13,18H2,1-4H3. The summed E-state index contributed by atoms with van der Waals surface area (Å²) < 4.78 is 0.